The van der Waals surface area contributed by atoms with Gasteiger partial charge in [0.15, 0.2) is 5.65 Å². The zero-order chi connectivity index (χ0) is 24.1. The molecule has 8 nitrogen and oxygen atoms in total. The third-order valence-corrected chi connectivity index (χ3v) is 5.91. The molecule has 3 aromatic heterocycles. The van der Waals surface area contributed by atoms with Gasteiger partial charge in [0.05, 0.1) is 30.6 Å². The first kappa shape index (κ1) is 23.5. The van der Waals surface area contributed by atoms with Gasteiger partial charge in [-0.2, -0.15) is 18.3 Å². The Balaban J connectivity index is 1.38. The SMILES string of the molecule is O=C(CSc1ccncc1)NCCn1ncc2c(=O)n(Cc3cccc(C(F)(F)F)c3)cnc21. The van der Waals surface area contributed by atoms with Crippen molar-refractivity contribution < 1.29 is 18.0 Å². The van der Waals surface area contributed by atoms with Crippen molar-refractivity contribution in [3.8, 4) is 0 Å². The van der Waals surface area contributed by atoms with Crippen molar-refractivity contribution in [2.45, 2.75) is 24.2 Å². The summed E-state index contributed by atoms with van der Waals surface area (Å²) >= 11 is 1.39. The van der Waals surface area contributed by atoms with Crippen LogP contribution in [0.2, 0.25) is 0 Å². The largest absolute Gasteiger partial charge is 0.416 e. The second kappa shape index (κ2) is 10.1. The van der Waals surface area contributed by atoms with Crippen LogP contribution < -0.4 is 10.9 Å². The standard InChI is InChI=1S/C22H19F3N6O2S/c23-22(24,25)16-3-1-2-15(10-16)12-30-14-28-20-18(21(30)33)11-29-31(20)9-8-27-19(32)13-34-17-4-6-26-7-5-17/h1-7,10-11,14H,8-9,12-13H2,(H,27,32). The van der Waals surface area contributed by atoms with Gasteiger partial charge < -0.3 is 5.32 Å². The highest BCUT2D eigenvalue weighted by Crippen LogP contribution is 2.29. The molecular formula is C22H19F3N6O2S. The van der Waals surface area contributed by atoms with Crippen molar-refractivity contribution >= 4 is 28.7 Å². The van der Waals surface area contributed by atoms with E-state index in [4.69, 9.17) is 0 Å². The van der Waals surface area contributed by atoms with Gasteiger partial charge in [-0.1, -0.05) is 12.1 Å². The molecule has 12 heteroatoms. The average Bonchev–Trinajstić information content (AvgIpc) is 3.23. The van der Waals surface area contributed by atoms with Crippen LogP contribution in [0.3, 0.4) is 0 Å². The molecule has 0 saturated heterocycles. The quantitative estimate of drug-likeness (QED) is 0.383. The molecule has 0 spiro atoms. The number of benzene rings is 1. The number of fused-ring (bicyclic) bond motifs is 1. The number of carbonyl (C=O) groups is 1. The molecule has 4 rings (SSSR count). The number of aromatic nitrogens is 5. The molecule has 1 amide bonds. The molecule has 0 bridgehead atoms. The third kappa shape index (κ3) is 5.63. The van der Waals surface area contributed by atoms with E-state index < -0.39 is 17.3 Å². The number of pyridine rings is 1. The summed E-state index contributed by atoms with van der Waals surface area (Å²) in [5.74, 6) is 0.109. The summed E-state index contributed by atoms with van der Waals surface area (Å²) < 4.78 is 41.6. The third-order valence-electron chi connectivity index (χ3n) is 4.89. The summed E-state index contributed by atoms with van der Waals surface area (Å²) in [6.07, 6.45) is 1.51. The van der Waals surface area contributed by atoms with E-state index in [1.165, 1.54) is 45.7 Å². The summed E-state index contributed by atoms with van der Waals surface area (Å²) in [4.78, 5) is 34.0. The van der Waals surface area contributed by atoms with Crippen LogP contribution in [-0.4, -0.2) is 42.5 Å². The Morgan fingerprint density at radius 3 is 2.71 bits per heavy atom. The van der Waals surface area contributed by atoms with E-state index in [0.29, 0.717) is 24.3 Å². The Bertz CT molecular complexity index is 1350. The summed E-state index contributed by atoms with van der Waals surface area (Å²) in [6.45, 7) is 0.544. The van der Waals surface area contributed by atoms with E-state index >= 15 is 0 Å². The molecule has 176 valence electrons. The van der Waals surface area contributed by atoms with Gasteiger partial charge in [-0.3, -0.25) is 19.1 Å². The number of nitrogens with zero attached hydrogens (tertiary/aromatic N) is 5. The zero-order valence-electron chi connectivity index (χ0n) is 17.7. The van der Waals surface area contributed by atoms with Crippen LogP contribution >= 0.6 is 11.8 Å². The number of nitrogens with one attached hydrogen (secondary N) is 1. The van der Waals surface area contributed by atoms with Crippen LogP contribution in [0.25, 0.3) is 11.0 Å². The minimum absolute atomic E-state index is 0.0535. The number of rotatable bonds is 8. The van der Waals surface area contributed by atoms with Crippen molar-refractivity contribution in [1.29, 1.82) is 0 Å². The summed E-state index contributed by atoms with van der Waals surface area (Å²) in [5.41, 5.74) is -0.518. The summed E-state index contributed by atoms with van der Waals surface area (Å²) in [7, 11) is 0. The smallest absolute Gasteiger partial charge is 0.354 e. The summed E-state index contributed by atoms with van der Waals surface area (Å²) in [5, 5.41) is 7.21. The first-order valence-electron chi connectivity index (χ1n) is 10.2. The molecule has 1 N–H and O–H groups in total. The van der Waals surface area contributed by atoms with Gasteiger partial charge in [0.1, 0.15) is 11.7 Å². The first-order valence-corrected chi connectivity index (χ1v) is 11.2. The number of alkyl halides is 3. The highest BCUT2D eigenvalue weighted by molar-refractivity contribution is 8.00. The number of thioether (sulfide) groups is 1. The second-order valence-corrected chi connectivity index (χ2v) is 8.35. The summed E-state index contributed by atoms with van der Waals surface area (Å²) in [6, 6.07) is 8.45. The maximum absolute atomic E-state index is 12.9. The molecule has 0 atom stereocenters. The number of hydrogen-bond donors (Lipinski definition) is 1. The zero-order valence-corrected chi connectivity index (χ0v) is 18.5. The molecule has 0 saturated carbocycles. The highest BCUT2D eigenvalue weighted by Gasteiger charge is 2.30. The van der Waals surface area contributed by atoms with Crippen LogP contribution in [0, 0.1) is 0 Å². The van der Waals surface area contributed by atoms with Crippen molar-refractivity contribution in [3.05, 3.63) is 82.8 Å². The van der Waals surface area contributed by atoms with E-state index in [1.807, 2.05) is 12.1 Å². The minimum atomic E-state index is -4.46. The molecule has 3 heterocycles. The molecule has 1 aromatic carbocycles. The van der Waals surface area contributed by atoms with E-state index in [9.17, 15) is 22.8 Å². The monoisotopic (exact) mass is 488 g/mol. The molecule has 0 fully saturated rings. The molecule has 0 radical (unpaired) electrons. The minimum Gasteiger partial charge on any atom is -0.354 e. The lowest BCUT2D eigenvalue weighted by molar-refractivity contribution is -0.137. The molecule has 0 unspecified atom stereocenters. The van der Waals surface area contributed by atoms with Gasteiger partial charge >= 0.3 is 6.18 Å². The molecule has 0 aliphatic heterocycles. The fourth-order valence-corrected chi connectivity index (χ4v) is 3.97. The molecule has 0 aliphatic carbocycles. The van der Waals surface area contributed by atoms with Gasteiger partial charge in [0.25, 0.3) is 5.56 Å². The molecular weight excluding hydrogens is 469 g/mol. The normalized spacial score (nSPS) is 11.6. The Morgan fingerprint density at radius 2 is 1.94 bits per heavy atom. The fraction of sp³-hybridized carbons (Fsp3) is 0.227. The van der Waals surface area contributed by atoms with Crippen molar-refractivity contribution in [1.82, 2.24) is 29.6 Å². The van der Waals surface area contributed by atoms with Crippen molar-refractivity contribution in [2.75, 3.05) is 12.3 Å². The number of amides is 1. The van der Waals surface area contributed by atoms with Gasteiger partial charge in [-0.15, -0.1) is 11.8 Å². The van der Waals surface area contributed by atoms with Crippen molar-refractivity contribution in [3.63, 3.8) is 0 Å². The van der Waals surface area contributed by atoms with Crippen LogP contribution in [0.15, 0.2) is 71.0 Å². The lowest BCUT2D eigenvalue weighted by Crippen LogP contribution is -2.29. The molecule has 0 aliphatic rings. The maximum atomic E-state index is 12.9. The Morgan fingerprint density at radius 1 is 1.15 bits per heavy atom. The van der Waals surface area contributed by atoms with Crippen molar-refractivity contribution in [2.24, 2.45) is 0 Å². The first-order chi connectivity index (χ1) is 16.3. The van der Waals surface area contributed by atoms with E-state index in [0.717, 1.165) is 17.0 Å². The van der Waals surface area contributed by atoms with Gasteiger partial charge in [0, 0.05) is 23.8 Å². The number of carbonyl (C=O) groups excluding carboxylic acids is 1. The fourth-order valence-electron chi connectivity index (χ4n) is 3.25. The number of halogens is 3. The molecule has 34 heavy (non-hydrogen) atoms. The van der Waals surface area contributed by atoms with E-state index in [1.54, 1.807) is 12.4 Å². The van der Waals surface area contributed by atoms with Crippen LogP contribution in [0.5, 0.6) is 0 Å². The number of hydrogen-bond acceptors (Lipinski definition) is 6. The lowest BCUT2D eigenvalue weighted by atomic mass is 10.1. The Kier molecular flexibility index (Phi) is 6.96. The topological polar surface area (TPSA) is 94.7 Å². The van der Waals surface area contributed by atoms with Gasteiger partial charge in [-0.05, 0) is 29.8 Å². The predicted molar refractivity (Wildman–Crippen MR) is 120 cm³/mol. The maximum Gasteiger partial charge on any atom is 0.416 e. The Labute approximate surface area is 195 Å². The predicted octanol–water partition coefficient (Wildman–Crippen LogP) is 2.96. The lowest BCUT2D eigenvalue weighted by Gasteiger charge is -2.10. The van der Waals surface area contributed by atoms with Gasteiger partial charge in [-0.25, -0.2) is 9.67 Å². The van der Waals surface area contributed by atoms with Crippen LogP contribution in [-0.2, 0) is 24.1 Å². The van der Waals surface area contributed by atoms with Gasteiger partial charge in [0.2, 0.25) is 5.91 Å². The average molecular weight is 488 g/mol. The Hall–Kier alpha value is -3.67. The second-order valence-electron chi connectivity index (χ2n) is 7.30. The van der Waals surface area contributed by atoms with E-state index in [-0.39, 0.29) is 23.6 Å². The van der Waals surface area contributed by atoms with E-state index in [2.05, 4.69) is 20.4 Å². The van der Waals surface area contributed by atoms with Crippen LogP contribution in [0.4, 0.5) is 13.2 Å². The molecule has 4 aromatic rings. The van der Waals surface area contributed by atoms with Crippen LogP contribution in [0.1, 0.15) is 11.1 Å². The highest BCUT2D eigenvalue weighted by atomic mass is 32.2.